The summed E-state index contributed by atoms with van der Waals surface area (Å²) in [6.07, 6.45) is 63.2. The Morgan fingerprint density at radius 1 is 0.339 bits per heavy atom. The fourth-order valence-electron chi connectivity index (χ4n) is 7.12. The molecule has 6 heteroatoms. The Morgan fingerprint density at radius 3 is 0.984 bits per heavy atom. The van der Waals surface area contributed by atoms with Gasteiger partial charge >= 0.3 is 17.9 Å². The molecule has 0 rings (SSSR count). The first kappa shape index (κ1) is 58.9. The van der Waals surface area contributed by atoms with E-state index >= 15 is 0 Å². The van der Waals surface area contributed by atoms with Crippen molar-refractivity contribution < 1.29 is 28.6 Å². The Morgan fingerprint density at radius 2 is 0.629 bits per heavy atom. The molecule has 0 aliphatic rings. The Balaban J connectivity index is 4.33. The molecule has 0 fully saturated rings. The lowest BCUT2D eigenvalue weighted by Gasteiger charge is -2.18. The van der Waals surface area contributed by atoms with Crippen LogP contribution in [0.5, 0.6) is 0 Å². The van der Waals surface area contributed by atoms with Gasteiger partial charge in [-0.2, -0.15) is 0 Å². The van der Waals surface area contributed by atoms with Gasteiger partial charge in [-0.3, -0.25) is 14.4 Å². The third kappa shape index (κ3) is 47.9. The first-order valence-electron chi connectivity index (χ1n) is 25.9. The molecule has 0 aromatic rings. The highest BCUT2D eigenvalue weighted by Crippen LogP contribution is 2.15. The van der Waals surface area contributed by atoms with Gasteiger partial charge in [0.05, 0.1) is 0 Å². The van der Waals surface area contributed by atoms with Gasteiger partial charge in [0, 0.05) is 19.3 Å². The molecule has 0 aromatic carbocycles. The van der Waals surface area contributed by atoms with Crippen molar-refractivity contribution in [3.8, 4) is 0 Å². The van der Waals surface area contributed by atoms with Gasteiger partial charge in [-0.25, -0.2) is 0 Å². The Kier molecular flexibility index (Phi) is 47.9. The molecule has 0 saturated heterocycles. The lowest BCUT2D eigenvalue weighted by Crippen LogP contribution is -2.30. The SMILES string of the molecule is CC/C=C\C/C=C\C/C=C\CCCCCCCCCCCC(=O)OCC(COC(=O)CCCCCCCCCCC)OC(=O)CCCCCCCC/C=C\C/C=C\C/C=C\CC. The van der Waals surface area contributed by atoms with Crippen molar-refractivity contribution in [2.75, 3.05) is 13.2 Å². The first-order valence-corrected chi connectivity index (χ1v) is 25.9. The van der Waals surface area contributed by atoms with E-state index in [0.29, 0.717) is 19.3 Å². The maximum absolute atomic E-state index is 12.8. The molecule has 356 valence electrons. The molecule has 0 saturated carbocycles. The fourth-order valence-corrected chi connectivity index (χ4v) is 7.12. The van der Waals surface area contributed by atoms with E-state index in [1.54, 1.807) is 0 Å². The maximum Gasteiger partial charge on any atom is 0.306 e. The van der Waals surface area contributed by atoms with Crippen molar-refractivity contribution in [3.05, 3.63) is 72.9 Å². The van der Waals surface area contributed by atoms with E-state index in [1.165, 1.54) is 96.3 Å². The molecule has 0 aliphatic carbocycles. The van der Waals surface area contributed by atoms with Crippen LogP contribution in [0, 0.1) is 0 Å². The molecule has 0 N–H and O–H groups in total. The van der Waals surface area contributed by atoms with Crippen LogP contribution in [-0.2, 0) is 28.6 Å². The minimum atomic E-state index is -0.781. The van der Waals surface area contributed by atoms with Crippen LogP contribution in [0.1, 0.15) is 245 Å². The molecular formula is C56H96O6. The van der Waals surface area contributed by atoms with Crippen LogP contribution in [-0.4, -0.2) is 37.2 Å². The summed E-state index contributed by atoms with van der Waals surface area (Å²) < 4.78 is 16.8. The van der Waals surface area contributed by atoms with Crippen LogP contribution in [0.15, 0.2) is 72.9 Å². The van der Waals surface area contributed by atoms with Gasteiger partial charge in [-0.1, -0.05) is 216 Å². The third-order valence-corrected chi connectivity index (χ3v) is 11.0. The van der Waals surface area contributed by atoms with Crippen molar-refractivity contribution in [1.82, 2.24) is 0 Å². The molecule has 62 heavy (non-hydrogen) atoms. The summed E-state index contributed by atoms with van der Waals surface area (Å²) in [6.45, 7) is 6.39. The number of ether oxygens (including phenoxy) is 3. The normalized spacial score (nSPS) is 12.6. The molecule has 0 aliphatic heterocycles. The van der Waals surface area contributed by atoms with Gasteiger partial charge < -0.3 is 14.2 Å². The van der Waals surface area contributed by atoms with Gasteiger partial charge in [0.2, 0.25) is 0 Å². The number of carbonyl (C=O) groups is 3. The van der Waals surface area contributed by atoms with Gasteiger partial charge in [0.25, 0.3) is 0 Å². The number of esters is 3. The summed E-state index contributed by atoms with van der Waals surface area (Å²) in [5.74, 6) is -0.900. The molecule has 0 aromatic heterocycles. The smallest absolute Gasteiger partial charge is 0.306 e. The molecule has 1 unspecified atom stereocenters. The largest absolute Gasteiger partial charge is 0.462 e. The molecule has 0 amide bonds. The van der Waals surface area contributed by atoms with Crippen LogP contribution >= 0.6 is 0 Å². The summed E-state index contributed by atoms with van der Waals surface area (Å²) in [5.41, 5.74) is 0. The van der Waals surface area contributed by atoms with E-state index < -0.39 is 6.10 Å². The summed E-state index contributed by atoms with van der Waals surface area (Å²) in [4.78, 5) is 37.9. The number of allylic oxidation sites excluding steroid dienone is 12. The first-order chi connectivity index (χ1) is 30.5. The van der Waals surface area contributed by atoms with E-state index in [-0.39, 0.29) is 31.1 Å². The topological polar surface area (TPSA) is 78.9 Å². The number of hydrogen-bond donors (Lipinski definition) is 0. The predicted octanol–water partition coefficient (Wildman–Crippen LogP) is 17.0. The molecule has 6 nitrogen and oxygen atoms in total. The van der Waals surface area contributed by atoms with E-state index in [4.69, 9.17) is 14.2 Å². The minimum Gasteiger partial charge on any atom is -0.462 e. The van der Waals surface area contributed by atoms with E-state index in [0.717, 1.165) is 109 Å². The summed E-state index contributed by atoms with van der Waals surface area (Å²) in [7, 11) is 0. The molecule has 0 heterocycles. The zero-order valence-corrected chi connectivity index (χ0v) is 40.6. The predicted molar refractivity (Wildman–Crippen MR) is 265 cm³/mol. The van der Waals surface area contributed by atoms with Gasteiger partial charge in [-0.05, 0) is 83.5 Å². The second-order valence-corrected chi connectivity index (χ2v) is 17.0. The summed E-state index contributed by atoms with van der Waals surface area (Å²) >= 11 is 0. The number of rotatable bonds is 46. The van der Waals surface area contributed by atoms with Crippen molar-refractivity contribution >= 4 is 17.9 Å². The number of carbonyl (C=O) groups excluding carboxylic acids is 3. The summed E-state index contributed by atoms with van der Waals surface area (Å²) in [5, 5.41) is 0. The quantitative estimate of drug-likeness (QED) is 0.0262. The van der Waals surface area contributed by atoms with Crippen LogP contribution < -0.4 is 0 Å². The van der Waals surface area contributed by atoms with Crippen molar-refractivity contribution in [3.63, 3.8) is 0 Å². The Hall–Kier alpha value is -3.15. The van der Waals surface area contributed by atoms with Crippen molar-refractivity contribution in [1.29, 1.82) is 0 Å². The van der Waals surface area contributed by atoms with Crippen molar-refractivity contribution in [2.45, 2.75) is 252 Å². The van der Waals surface area contributed by atoms with E-state index in [1.807, 2.05) is 0 Å². The molecule has 1 atom stereocenters. The third-order valence-electron chi connectivity index (χ3n) is 11.0. The summed E-state index contributed by atoms with van der Waals surface area (Å²) in [6, 6.07) is 0. The van der Waals surface area contributed by atoms with E-state index in [9.17, 15) is 14.4 Å². The molecular weight excluding hydrogens is 769 g/mol. The van der Waals surface area contributed by atoms with Gasteiger partial charge in [0.15, 0.2) is 6.10 Å². The highest BCUT2D eigenvalue weighted by molar-refractivity contribution is 5.71. The van der Waals surface area contributed by atoms with Crippen LogP contribution in [0.25, 0.3) is 0 Å². The lowest BCUT2D eigenvalue weighted by atomic mass is 10.1. The maximum atomic E-state index is 12.8. The molecule has 0 spiro atoms. The number of hydrogen-bond acceptors (Lipinski definition) is 6. The minimum absolute atomic E-state index is 0.0813. The monoisotopic (exact) mass is 865 g/mol. The number of unbranched alkanes of at least 4 members (excludes halogenated alkanes) is 23. The van der Waals surface area contributed by atoms with Crippen LogP contribution in [0.4, 0.5) is 0 Å². The fraction of sp³-hybridized carbons (Fsp3) is 0.732. The average Bonchev–Trinajstić information content (AvgIpc) is 3.27. The second-order valence-electron chi connectivity index (χ2n) is 17.0. The highest BCUT2D eigenvalue weighted by atomic mass is 16.6. The van der Waals surface area contributed by atoms with Crippen molar-refractivity contribution in [2.24, 2.45) is 0 Å². The molecule has 0 radical (unpaired) electrons. The Labute approximate surface area is 382 Å². The molecule has 0 bridgehead atoms. The second kappa shape index (κ2) is 50.5. The van der Waals surface area contributed by atoms with E-state index in [2.05, 4.69) is 93.7 Å². The zero-order valence-electron chi connectivity index (χ0n) is 40.6. The lowest BCUT2D eigenvalue weighted by molar-refractivity contribution is -0.167. The van der Waals surface area contributed by atoms with Gasteiger partial charge in [-0.15, -0.1) is 0 Å². The van der Waals surface area contributed by atoms with Gasteiger partial charge in [0.1, 0.15) is 13.2 Å². The Bertz CT molecular complexity index is 1180. The average molecular weight is 865 g/mol. The van der Waals surface area contributed by atoms with Crippen LogP contribution in [0.3, 0.4) is 0 Å². The standard InChI is InChI=1S/C56H96O6/c1-4-7-10-13-16-19-21-23-25-27-28-29-31-32-34-37-40-43-46-49-55(58)61-52-53(51-60-54(57)48-45-42-39-36-18-15-12-9-6-3)62-56(59)50-47-44-41-38-35-33-30-26-24-22-20-17-14-11-8-5-2/h7-8,10-11,16-17,19-20,23-26,53H,4-6,9,12-15,18,21-22,27-52H2,1-3H3/b10-7-,11-8-,19-16-,20-17-,25-23-,26-24-. The highest BCUT2D eigenvalue weighted by Gasteiger charge is 2.19. The zero-order chi connectivity index (χ0) is 45.1. The van der Waals surface area contributed by atoms with Crippen LogP contribution in [0.2, 0.25) is 0 Å².